The molecule has 2 aliphatic heterocycles. The number of halogens is 3. The van der Waals surface area contributed by atoms with Gasteiger partial charge >= 0.3 is 12.3 Å². The van der Waals surface area contributed by atoms with Crippen LogP contribution in [0.25, 0.3) is 21.7 Å². The lowest BCUT2D eigenvalue weighted by molar-refractivity contribution is -0.136. The van der Waals surface area contributed by atoms with Gasteiger partial charge in [-0.3, -0.25) is 9.69 Å². The van der Waals surface area contributed by atoms with Crippen molar-refractivity contribution < 1.29 is 31.9 Å². The predicted octanol–water partition coefficient (Wildman–Crippen LogP) is 5.37. The van der Waals surface area contributed by atoms with Crippen LogP contribution in [0.15, 0.2) is 22.1 Å². The molecule has 2 fully saturated rings. The number of hydrogen-bond acceptors (Lipinski definition) is 8. The van der Waals surface area contributed by atoms with Crippen LogP contribution in [0.1, 0.15) is 49.5 Å². The van der Waals surface area contributed by atoms with Gasteiger partial charge in [0, 0.05) is 30.2 Å². The molecule has 0 N–H and O–H groups in total. The normalized spacial score (nSPS) is 20.5. The molecule has 2 aromatic heterocycles. The number of piperazine rings is 1. The lowest BCUT2D eigenvalue weighted by Gasteiger charge is -2.40. The molecule has 12 heteroatoms. The number of anilines is 1. The minimum absolute atomic E-state index is 0.0205. The molecule has 0 aliphatic carbocycles. The van der Waals surface area contributed by atoms with Gasteiger partial charge in [0.2, 0.25) is 0 Å². The Balaban J connectivity index is 1.55. The third-order valence-corrected chi connectivity index (χ3v) is 6.92. The first-order valence-corrected chi connectivity index (χ1v) is 12.0. The van der Waals surface area contributed by atoms with E-state index in [0.717, 1.165) is 18.9 Å². The summed E-state index contributed by atoms with van der Waals surface area (Å²) in [5.41, 5.74) is -2.51. The summed E-state index contributed by atoms with van der Waals surface area (Å²) < 4.78 is 53.4. The van der Waals surface area contributed by atoms with Crippen molar-refractivity contribution in [1.29, 1.82) is 0 Å². The van der Waals surface area contributed by atoms with E-state index in [1.54, 1.807) is 36.0 Å². The van der Waals surface area contributed by atoms with Crippen molar-refractivity contribution in [3.8, 4) is 10.6 Å². The first-order valence-electron chi connectivity index (χ1n) is 11.1. The maximum absolute atomic E-state index is 14.0. The zero-order valence-electron chi connectivity index (χ0n) is 19.3. The van der Waals surface area contributed by atoms with Gasteiger partial charge in [0.15, 0.2) is 11.9 Å². The van der Waals surface area contributed by atoms with Gasteiger partial charge in [0.05, 0.1) is 23.2 Å². The fraction of sp³-hybridized carbons (Fsp3) is 0.478. The van der Waals surface area contributed by atoms with E-state index in [-0.39, 0.29) is 35.5 Å². The smallest absolute Gasteiger partial charge is 0.419 e. The number of carbonyl (C=O) groups is 2. The molecule has 5 rings (SSSR count). The summed E-state index contributed by atoms with van der Waals surface area (Å²) in [6.07, 6.45) is -2.02. The van der Waals surface area contributed by atoms with Crippen LogP contribution in [0.4, 0.5) is 24.0 Å². The summed E-state index contributed by atoms with van der Waals surface area (Å²) in [5, 5.41) is 2.11. The maximum atomic E-state index is 14.0. The Hall–Kier alpha value is -3.15. The van der Waals surface area contributed by atoms with Crippen molar-refractivity contribution in [3.05, 3.63) is 28.8 Å². The average molecular weight is 509 g/mol. The molecule has 0 spiro atoms. The van der Waals surface area contributed by atoms with Crippen molar-refractivity contribution in [3.63, 3.8) is 0 Å². The molecule has 0 radical (unpaired) electrons. The number of alkyl halides is 3. The Kier molecular flexibility index (Phi) is 5.53. The van der Waals surface area contributed by atoms with Crippen LogP contribution in [0.5, 0.6) is 0 Å². The second-order valence-electron chi connectivity index (χ2n) is 9.69. The highest BCUT2D eigenvalue weighted by atomic mass is 32.1. The molecule has 186 valence electrons. The Morgan fingerprint density at radius 2 is 1.91 bits per heavy atom. The first-order chi connectivity index (χ1) is 16.5. The number of hydrogen-bond donors (Lipinski definition) is 0. The number of rotatable bonds is 3. The van der Waals surface area contributed by atoms with E-state index >= 15 is 0 Å². The van der Waals surface area contributed by atoms with Crippen LogP contribution in [0, 0.1) is 0 Å². The highest BCUT2D eigenvalue weighted by molar-refractivity contribution is 7.13. The second-order valence-corrected chi connectivity index (χ2v) is 10.6. The number of fused-ring (bicyclic) bond motifs is 3. The monoisotopic (exact) mass is 508 g/mol. The number of carbonyl (C=O) groups excluding carboxylic acids is 2. The minimum atomic E-state index is -4.81. The van der Waals surface area contributed by atoms with Gasteiger partial charge in [0.25, 0.3) is 6.01 Å². The topological polar surface area (TPSA) is 88.8 Å². The van der Waals surface area contributed by atoms with Crippen molar-refractivity contribution in [1.82, 2.24) is 14.9 Å². The molecule has 4 heterocycles. The van der Waals surface area contributed by atoms with E-state index in [4.69, 9.17) is 9.15 Å². The maximum Gasteiger partial charge on any atom is 0.419 e. The zero-order chi connectivity index (χ0) is 25.1. The van der Waals surface area contributed by atoms with Gasteiger partial charge < -0.3 is 14.1 Å². The van der Waals surface area contributed by atoms with E-state index in [2.05, 4.69) is 9.97 Å². The van der Waals surface area contributed by atoms with Gasteiger partial charge in [0.1, 0.15) is 16.1 Å². The number of amides is 1. The Morgan fingerprint density at radius 3 is 2.46 bits per heavy atom. The fourth-order valence-electron chi connectivity index (χ4n) is 4.80. The number of oxazole rings is 1. The molecule has 35 heavy (non-hydrogen) atoms. The van der Waals surface area contributed by atoms with Crippen LogP contribution in [-0.2, 0) is 10.9 Å². The largest absolute Gasteiger partial charge is 0.444 e. The van der Waals surface area contributed by atoms with Gasteiger partial charge in [-0.2, -0.15) is 18.2 Å². The highest BCUT2D eigenvalue weighted by Crippen LogP contribution is 2.43. The van der Waals surface area contributed by atoms with Crippen molar-refractivity contribution in [2.75, 3.05) is 18.0 Å². The van der Waals surface area contributed by atoms with E-state index in [1.165, 1.54) is 17.5 Å². The molecule has 1 aromatic carbocycles. The quantitative estimate of drug-likeness (QED) is 0.440. The number of nitrogens with zero attached hydrogens (tertiary/aromatic N) is 4. The molecular weight excluding hydrogens is 485 g/mol. The minimum Gasteiger partial charge on any atom is -0.444 e. The summed E-state index contributed by atoms with van der Waals surface area (Å²) in [5.74, 6) is 0. The summed E-state index contributed by atoms with van der Waals surface area (Å²) in [6.45, 7) is 6.09. The summed E-state index contributed by atoms with van der Waals surface area (Å²) in [7, 11) is 0. The molecule has 2 bridgehead atoms. The van der Waals surface area contributed by atoms with Crippen LogP contribution in [0.3, 0.4) is 0 Å². The summed E-state index contributed by atoms with van der Waals surface area (Å²) in [4.78, 5) is 36.2. The predicted molar refractivity (Wildman–Crippen MR) is 123 cm³/mol. The van der Waals surface area contributed by atoms with E-state index in [9.17, 15) is 22.8 Å². The Bertz CT molecular complexity index is 1270. The number of benzene rings is 1. The number of ether oxygens (including phenoxy) is 1. The molecule has 1 amide bonds. The molecule has 0 saturated carbocycles. The van der Waals surface area contributed by atoms with Crippen LogP contribution in [0.2, 0.25) is 0 Å². The molecule has 3 aromatic rings. The van der Waals surface area contributed by atoms with Gasteiger partial charge in [-0.25, -0.2) is 9.78 Å². The second kappa shape index (κ2) is 8.21. The van der Waals surface area contributed by atoms with Crippen molar-refractivity contribution in [2.45, 2.75) is 57.5 Å². The molecule has 2 aliphatic rings. The van der Waals surface area contributed by atoms with E-state index < -0.39 is 34.5 Å². The van der Waals surface area contributed by atoms with E-state index in [0.29, 0.717) is 18.1 Å². The first kappa shape index (κ1) is 23.6. The lowest BCUT2D eigenvalue weighted by atomic mass is 10.0. The van der Waals surface area contributed by atoms with Gasteiger partial charge in [-0.05, 0) is 39.7 Å². The summed E-state index contributed by atoms with van der Waals surface area (Å²) in [6, 6.07) is 0.817. The van der Waals surface area contributed by atoms with Crippen molar-refractivity contribution >= 4 is 40.8 Å². The Labute approximate surface area is 202 Å². The fourth-order valence-corrected chi connectivity index (χ4v) is 5.46. The molecule has 2 atom stereocenters. The number of thiazole rings is 1. The SMILES string of the molecule is CC(C)(C)OC(=O)N1C2CCC1CN(c1nc3c(C(F)(F)F)c(C=O)cc(-c4nccs4)c3o1)C2. The molecule has 8 nitrogen and oxygen atoms in total. The standard InChI is InChI=1S/C23H23F3N4O4S/c1-22(2,3)34-21(32)30-13-4-5-14(30)10-29(9-13)20-28-17-16(23(24,25)26)12(11-31)8-15(18(17)33-20)19-27-6-7-35-19/h6-8,11,13-14H,4-5,9-10H2,1-3H3. The number of aromatic nitrogens is 2. The third-order valence-electron chi connectivity index (χ3n) is 6.12. The lowest BCUT2D eigenvalue weighted by Crippen LogP contribution is -2.56. The van der Waals surface area contributed by atoms with Crippen LogP contribution >= 0.6 is 11.3 Å². The highest BCUT2D eigenvalue weighted by Gasteiger charge is 2.46. The molecule has 2 saturated heterocycles. The number of aldehydes is 1. The average Bonchev–Trinajstić information content (AvgIpc) is 3.48. The Morgan fingerprint density at radius 1 is 1.23 bits per heavy atom. The van der Waals surface area contributed by atoms with Crippen LogP contribution < -0.4 is 4.90 Å². The van der Waals surface area contributed by atoms with E-state index in [1.807, 2.05) is 0 Å². The van der Waals surface area contributed by atoms with Crippen molar-refractivity contribution in [2.24, 2.45) is 0 Å². The van der Waals surface area contributed by atoms with Crippen LogP contribution in [-0.4, -0.2) is 58.0 Å². The molecule has 2 unspecified atom stereocenters. The molecular formula is C23H23F3N4O4S. The zero-order valence-corrected chi connectivity index (χ0v) is 20.1. The van der Waals surface area contributed by atoms with Gasteiger partial charge in [-0.15, -0.1) is 11.3 Å². The third kappa shape index (κ3) is 4.24. The summed E-state index contributed by atoms with van der Waals surface area (Å²) >= 11 is 1.22. The van der Waals surface area contributed by atoms with Gasteiger partial charge in [-0.1, -0.05) is 0 Å².